The molecule has 3 rings (SSSR count). The molecule has 0 amide bonds. The summed E-state index contributed by atoms with van der Waals surface area (Å²) >= 11 is 11.9. The van der Waals surface area contributed by atoms with Crippen LogP contribution < -0.4 is 15.2 Å². The van der Waals surface area contributed by atoms with Crippen LogP contribution >= 0.6 is 23.2 Å². The Labute approximate surface area is 148 Å². The second kappa shape index (κ2) is 5.85. The maximum Gasteiger partial charge on any atom is 0.586 e. The van der Waals surface area contributed by atoms with E-state index >= 15 is 0 Å². The van der Waals surface area contributed by atoms with E-state index in [9.17, 15) is 18.0 Å². The molecule has 0 radical (unpaired) electrons. The average Bonchev–Trinajstić information content (AvgIpc) is 2.88. The van der Waals surface area contributed by atoms with E-state index in [-0.39, 0.29) is 27.0 Å². The summed E-state index contributed by atoms with van der Waals surface area (Å²) in [5, 5.41) is -0.560. The van der Waals surface area contributed by atoms with Gasteiger partial charge in [0.05, 0.1) is 28.5 Å². The van der Waals surface area contributed by atoms with Crippen LogP contribution in [-0.2, 0) is 4.74 Å². The Morgan fingerprint density at radius 1 is 1.28 bits per heavy atom. The molecule has 1 aliphatic rings. The topological polar surface area (TPSA) is 83.7 Å². The predicted octanol–water partition coefficient (Wildman–Crippen LogP) is 3.88. The molecule has 1 aromatic carbocycles. The largest absolute Gasteiger partial charge is 0.586 e. The fourth-order valence-corrected chi connectivity index (χ4v) is 2.64. The van der Waals surface area contributed by atoms with Crippen LogP contribution in [0.1, 0.15) is 10.5 Å². The van der Waals surface area contributed by atoms with E-state index in [2.05, 4.69) is 19.2 Å². The summed E-state index contributed by atoms with van der Waals surface area (Å²) in [6.45, 7) is 0. The molecule has 11 heteroatoms. The number of nitrogen functional groups attached to an aromatic ring is 1. The van der Waals surface area contributed by atoms with E-state index in [0.717, 1.165) is 19.2 Å². The van der Waals surface area contributed by atoms with Crippen LogP contribution in [0.15, 0.2) is 12.1 Å². The molecule has 2 heterocycles. The molecule has 0 saturated carbocycles. The third kappa shape index (κ3) is 2.79. The molecule has 2 aromatic rings. The van der Waals surface area contributed by atoms with Crippen molar-refractivity contribution < 1.29 is 32.2 Å². The number of rotatable bonds is 2. The van der Waals surface area contributed by atoms with E-state index < -0.39 is 35.3 Å². The summed E-state index contributed by atoms with van der Waals surface area (Å²) in [6, 6.07) is 2.11. The van der Waals surface area contributed by atoms with Crippen molar-refractivity contribution in [3.8, 4) is 22.8 Å². The van der Waals surface area contributed by atoms with Crippen LogP contribution in [0.2, 0.25) is 10.0 Å². The first-order chi connectivity index (χ1) is 11.7. The molecular formula is C14H7Cl2F3N2O4. The molecule has 0 atom stereocenters. The predicted molar refractivity (Wildman–Crippen MR) is 81.6 cm³/mol. The molecule has 2 N–H and O–H groups in total. The standard InChI is InChI=1S/C14H7Cl2F3N2O4/c1-23-13(22)11-7(16)9(20)6(15)10(21-11)4-2-3-5-12(8(4)17)25-14(18,19)24-5/h2-3H,1H3,(H2,20,21). The Morgan fingerprint density at radius 2 is 1.96 bits per heavy atom. The number of pyridine rings is 1. The minimum atomic E-state index is -4.00. The van der Waals surface area contributed by atoms with E-state index in [1.807, 2.05) is 0 Å². The monoisotopic (exact) mass is 394 g/mol. The van der Waals surface area contributed by atoms with Crippen molar-refractivity contribution in [1.82, 2.24) is 4.98 Å². The minimum Gasteiger partial charge on any atom is -0.464 e. The fourth-order valence-electron chi connectivity index (χ4n) is 2.14. The number of hydrogen-bond donors (Lipinski definition) is 1. The van der Waals surface area contributed by atoms with Gasteiger partial charge in [0.25, 0.3) is 0 Å². The van der Waals surface area contributed by atoms with Crippen molar-refractivity contribution >= 4 is 34.9 Å². The summed E-state index contributed by atoms with van der Waals surface area (Å²) in [6.07, 6.45) is -4.00. The summed E-state index contributed by atoms with van der Waals surface area (Å²) in [4.78, 5) is 15.6. The van der Waals surface area contributed by atoms with Crippen LogP contribution in [0.25, 0.3) is 11.3 Å². The van der Waals surface area contributed by atoms with E-state index in [4.69, 9.17) is 28.9 Å². The highest BCUT2D eigenvalue weighted by Crippen LogP contribution is 2.47. The number of fused-ring (bicyclic) bond motifs is 1. The zero-order valence-electron chi connectivity index (χ0n) is 12.2. The van der Waals surface area contributed by atoms with Gasteiger partial charge in [-0.2, -0.15) is 0 Å². The lowest BCUT2D eigenvalue weighted by Gasteiger charge is -2.12. The summed E-state index contributed by atoms with van der Waals surface area (Å²) < 4.78 is 53.6. The lowest BCUT2D eigenvalue weighted by atomic mass is 10.1. The number of aromatic nitrogens is 1. The van der Waals surface area contributed by atoms with Gasteiger partial charge in [-0.25, -0.2) is 14.2 Å². The Balaban J connectivity index is 2.22. The number of ether oxygens (including phenoxy) is 3. The second-order valence-corrected chi connectivity index (χ2v) is 5.52. The average molecular weight is 395 g/mol. The van der Waals surface area contributed by atoms with Crippen molar-refractivity contribution in [2.75, 3.05) is 12.8 Å². The quantitative estimate of drug-likeness (QED) is 0.778. The lowest BCUT2D eigenvalue weighted by molar-refractivity contribution is -0.287. The van der Waals surface area contributed by atoms with Crippen molar-refractivity contribution in [3.63, 3.8) is 0 Å². The van der Waals surface area contributed by atoms with Gasteiger partial charge in [-0.3, -0.25) is 0 Å². The first-order valence-electron chi connectivity index (χ1n) is 6.47. The molecule has 1 aliphatic heterocycles. The van der Waals surface area contributed by atoms with E-state index in [1.165, 1.54) is 0 Å². The number of carbonyl (C=O) groups excluding carboxylic acids is 1. The van der Waals surface area contributed by atoms with Gasteiger partial charge in [0.15, 0.2) is 17.3 Å². The number of anilines is 1. The maximum atomic E-state index is 14.6. The molecule has 0 bridgehead atoms. The third-order valence-electron chi connectivity index (χ3n) is 3.26. The first-order valence-corrected chi connectivity index (χ1v) is 7.23. The minimum absolute atomic E-state index is 0.254. The number of benzene rings is 1. The number of carbonyl (C=O) groups is 1. The number of alkyl halides is 2. The molecule has 0 saturated heterocycles. The molecule has 6 nitrogen and oxygen atoms in total. The van der Waals surface area contributed by atoms with Gasteiger partial charge in [0.2, 0.25) is 5.75 Å². The van der Waals surface area contributed by atoms with Crippen LogP contribution in [-0.4, -0.2) is 24.4 Å². The van der Waals surface area contributed by atoms with Crippen molar-refractivity contribution in [2.24, 2.45) is 0 Å². The Hall–Kier alpha value is -2.39. The molecule has 0 aliphatic carbocycles. The van der Waals surface area contributed by atoms with Gasteiger partial charge in [-0.15, -0.1) is 8.78 Å². The number of hydrogen-bond acceptors (Lipinski definition) is 6. The van der Waals surface area contributed by atoms with Gasteiger partial charge in [-0.1, -0.05) is 23.2 Å². The normalized spacial score (nSPS) is 14.5. The smallest absolute Gasteiger partial charge is 0.464 e. The highest BCUT2D eigenvalue weighted by Gasteiger charge is 2.45. The van der Waals surface area contributed by atoms with Gasteiger partial charge >= 0.3 is 12.3 Å². The summed E-state index contributed by atoms with van der Waals surface area (Å²) in [5.41, 5.74) is 4.39. The highest BCUT2D eigenvalue weighted by atomic mass is 35.5. The van der Waals surface area contributed by atoms with Crippen LogP contribution in [0.5, 0.6) is 11.5 Å². The Morgan fingerprint density at radius 3 is 2.60 bits per heavy atom. The summed E-state index contributed by atoms with van der Waals surface area (Å²) in [5.74, 6) is -3.49. The van der Waals surface area contributed by atoms with Gasteiger partial charge < -0.3 is 19.9 Å². The van der Waals surface area contributed by atoms with Crippen molar-refractivity contribution in [1.29, 1.82) is 0 Å². The number of nitrogens with zero attached hydrogens (tertiary/aromatic N) is 1. The van der Waals surface area contributed by atoms with Crippen LogP contribution in [0.4, 0.5) is 18.9 Å². The van der Waals surface area contributed by atoms with Crippen molar-refractivity contribution in [3.05, 3.63) is 33.7 Å². The van der Waals surface area contributed by atoms with E-state index in [0.29, 0.717) is 0 Å². The number of halogens is 5. The first kappa shape index (κ1) is 17.4. The molecule has 1 aromatic heterocycles. The molecule has 0 unspecified atom stereocenters. The summed E-state index contributed by atoms with van der Waals surface area (Å²) in [7, 11) is 1.08. The molecule has 0 spiro atoms. The molecular weight excluding hydrogens is 388 g/mol. The van der Waals surface area contributed by atoms with Gasteiger partial charge in [-0.05, 0) is 12.1 Å². The SMILES string of the molecule is COC(=O)c1nc(-c2ccc3c(c2F)OC(F)(F)O3)c(Cl)c(N)c1Cl. The molecule has 25 heavy (non-hydrogen) atoms. The third-order valence-corrected chi connectivity index (χ3v) is 4.02. The van der Waals surface area contributed by atoms with Gasteiger partial charge in [0, 0.05) is 5.56 Å². The van der Waals surface area contributed by atoms with Crippen LogP contribution in [0.3, 0.4) is 0 Å². The fraction of sp³-hybridized carbons (Fsp3) is 0.143. The highest BCUT2D eigenvalue weighted by molar-refractivity contribution is 6.41. The number of methoxy groups -OCH3 is 1. The van der Waals surface area contributed by atoms with Crippen molar-refractivity contribution in [2.45, 2.75) is 6.29 Å². The molecule has 132 valence electrons. The number of nitrogens with two attached hydrogens (primary N) is 1. The number of esters is 1. The maximum absolute atomic E-state index is 14.6. The Kier molecular flexibility index (Phi) is 4.08. The van der Waals surface area contributed by atoms with Gasteiger partial charge in [0.1, 0.15) is 0 Å². The van der Waals surface area contributed by atoms with E-state index in [1.54, 1.807) is 0 Å². The zero-order valence-corrected chi connectivity index (χ0v) is 13.7. The van der Waals surface area contributed by atoms with Crippen LogP contribution in [0, 0.1) is 5.82 Å². The molecule has 0 fully saturated rings. The zero-order chi connectivity index (χ0) is 18.5. The Bertz CT molecular complexity index is 908. The lowest BCUT2D eigenvalue weighted by Crippen LogP contribution is -2.26. The second-order valence-electron chi connectivity index (χ2n) is 4.76.